The molecule has 0 aliphatic heterocycles. The molecule has 0 saturated heterocycles. The van der Waals surface area contributed by atoms with Gasteiger partial charge in [0.15, 0.2) is 0 Å². The normalized spacial score (nSPS) is 10.6. The van der Waals surface area contributed by atoms with E-state index in [1.54, 1.807) is 36.4 Å². The van der Waals surface area contributed by atoms with Gasteiger partial charge in [0.25, 0.3) is 5.91 Å². The van der Waals surface area contributed by atoms with Crippen LogP contribution in [-0.4, -0.2) is 12.1 Å². The zero-order valence-electron chi connectivity index (χ0n) is 9.81. The molecule has 0 aliphatic rings. The fraction of sp³-hybridized carbons (Fsp3) is 0. The molecule has 96 valence electrons. The van der Waals surface area contributed by atoms with Gasteiger partial charge in [-0.25, -0.2) is 9.82 Å². The molecule has 5 heteroatoms. The van der Waals surface area contributed by atoms with Crippen molar-refractivity contribution >= 4 is 23.7 Å². The van der Waals surface area contributed by atoms with Crippen LogP contribution in [0.25, 0.3) is 0 Å². The predicted molar refractivity (Wildman–Crippen MR) is 72.9 cm³/mol. The van der Waals surface area contributed by atoms with Crippen molar-refractivity contribution in [2.24, 2.45) is 5.10 Å². The van der Waals surface area contributed by atoms with Crippen LogP contribution in [0, 0.1) is 5.82 Å². The standard InChI is InChI=1S/C14H10ClFN2O/c15-12-6-3-5-10(8-12)14(19)18-17-9-11-4-1-2-7-13(11)16/h1-9H,(H,18,19)/b17-9-. The molecule has 0 heterocycles. The average molecular weight is 277 g/mol. The minimum absolute atomic E-state index is 0.300. The molecule has 19 heavy (non-hydrogen) atoms. The van der Waals surface area contributed by atoms with Crippen LogP contribution in [0.3, 0.4) is 0 Å². The summed E-state index contributed by atoms with van der Waals surface area (Å²) < 4.78 is 13.3. The molecule has 3 nitrogen and oxygen atoms in total. The van der Waals surface area contributed by atoms with E-state index in [0.717, 1.165) is 0 Å². The summed E-state index contributed by atoms with van der Waals surface area (Å²) >= 11 is 5.77. The zero-order chi connectivity index (χ0) is 13.7. The van der Waals surface area contributed by atoms with Crippen molar-refractivity contribution in [1.29, 1.82) is 0 Å². The Bertz CT molecular complexity index is 628. The van der Waals surface area contributed by atoms with Gasteiger partial charge in [-0.2, -0.15) is 5.10 Å². The van der Waals surface area contributed by atoms with Gasteiger partial charge in [-0.1, -0.05) is 35.9 Å². The number of amides is 1. The lowest BCUT2D eigenvalue weighted by molar-refractivity contribution is 0.0955. The van der Waals surface area contributed by atoms with Gasteiger partial charge in [0.1, 0.15) is 5.82 Å². The van der Waals surface area contributed by atoms with Gasteiger partial charge in [0.2, 0.25) is 0 Å². The van der Waals surface area contributed by atoms with Crippen molar-refractivity contribution in [3.63, 3.8) is 0 Å². The highest BCUT2D eigenvalue weighted by Gasteiger charge is 2.04. The second kappa shape index (κ2) is 6.11. The number of nitrogens with zero attached hydrogens (tertiary/aromatic N) is 1. The minimum atomic E-state index is -0.407. The molecule has 0 aliphatic carbocycles. The maximum atomic E-state index is 13.3. The summed E-state index contributed by atoms with van der Waals surface area (Å²) in [6, 6.07) is 12.6. The average Bonchev–Trinajstić information content (AvgIpc) is 2.41. The molecular formula is C14H10ClFN2O. The molecule has 0 spiro atoms. The number of hydrogen-bond donors (Lipinski definition) is 1. The molecule has 0 fully saturated rings. The van der Waals surface area contributed by atoms with Crippen molar-refractivity contribution in [2.45, 2.75) is 0 Å². The van der Waals surface area contributed by atoms with E-state index in [-0.39, 0.29) is 0 Å². The van der Waals surface area contributed by atoms with Gasteiger partial charge in [-0.3, -0.25) is 4.79 Å². The fourth-order valence-electron chi connectivity index (χ4n) is 1.43. The first-order valence-electron chi connectivity index (χ1n) is 5.50. The van der Waals surface area contributed by atoms with Crippen molar-refractivity contribution < 1.29 is 9.18 Å². The van der Waals surface area contributed by atoms with Crippen LogP contribution < -0.4 is 5.43 Å². The summed E-state index contributed by atoms with van der Waals surface area (Å²) in [5.74, 6) is -0.807. The minimum Gasteiger partial charge on any atom is -0.267 e. The van der Waals surface area contributed by atoms with E-state index in [2.05, 4.69) is 10.5 Å². The van der Waals surface area contributed by atoms with Gasteiger partial charge in [-0.15, -0.1) is 0 Å². The van der Waals surface area contributed by atoms with Crippen LogP contribution >= 0.6 is 11.6 Å². The highest BCUT2D eigenvalue weighted by Crippen LogP contribution is 2.10. The number of halogens is 2. The van der Waals surface area contributed by atoms with Crippen molar-refractivity contribution in [3.05, 3.63) is 70.5 Å². The summed E-state index contributed by atoms with van der Waals surface area (Å²) in [7, 11) is 0. The first kappa shape index (κ1) is 13.2. The Labute approximate surface area is 114 Å². The Hall–Kier alpha value is -2.20. The Balaban J connectivity index is 2.03. The van der Waals surface area contributed by atoms with Gasteiger partial charge in [0.05, 0.1) is 6.21 Å². The van der Waals surface area contributed by atoms with Crippen molar-refractivity contribution in [3.8, 4) is 0 Å². The molecule has 2 aromatic carbocycles. The molecule has 1 amide bonds. The van der Waals surface area contributed by atoms with Crippen molar-refractivity contribution in [2.75, 3.05) is 0 Å². The Kier molecular flexibility index (Phi) is 4.26. The highest BCUT2D eigenvalue weighted by molar-refractivity contribution is 6.30. The van der Waals surface area contributed by atoms with Crippen LogP contribution in [0.1, 0.15) is 15.9 Å². The van der Waals surface area contributed by atoms with Crippen LogP contribution in [0.15, 0.2) is 53.6 Å². The van der Waals surface area contributed by atoms with E-state index in [4.69, 9.17) is 11.6 Å². The third-order valence-corrected chi connectivity index (χ3v) is 2.60. The molecule has 2 rings (SSSR count). The van der Waals surface area contributed by atoms with Crippen LogP contribution in [0.2, 0.25) is 5.02 Å². The summed E-state index contributed by atoms with van der Waals surface area (Å²) in [5, 5.41) is 4.16. The lowest BCUT2D eigenvalue weighted by atomic mass is 10.2. The maximum absolute atomic E-state index is 13.3. The number of carbonyl (C=O) groups is 1. The molecular weight excluding hydrogens is 267 g/mol. The summed E-state index contributed by atoms with van der Waals surface area (Å²) in [5.41, 5.74) is 2.99. The van der Waals surface area contributed by atoms with E-state index in [0.29, 0.717) is 16.1 Å². The van der Waals surface area contributed by atoms with Crippen molar-refractivity contribution in [1.82, 2.24) is 5.43 Å². The lowest BCUT2D eigenvalue weighted by Gasteiger charge is -2.00. The number of nitrogens with one attached hydrogen (secondary N) is 1. The predicted octanol–water partition coefficient (Wildman–Crippen LogP) is 3.24. The Morgan fingerprint density at radius 1 is 1.21 bits per heavy atom. The van der Waals surface area contributed by atoms with E-state index in [1.807, 2.05) is 0 Å². The number of hydrogen-bond acceptors (Lipinski definition) is 2. The Morgan fingerprint density at radius 3 is 2.74 bits per heavy atom. The van der Waals surface area contributed by atoms with Gasteiger partial charge in [0, 0.05) is 16.1 Å². The molecule has 0 atom stereocenters. The third kappa shape index (κ3) is 3.63. The third-order valence-electron chi connectivity index (χ3n) is 2.36. The SMILES string of the molecule is O=C(N/N=C\c1ccccc1F)c1cccc(Cl)c1. The molecule has 0 saturated carbocycles. The fourth-order valence-corrected chi connectivity index (χ4v) is 1.62. The van der Waals surface area contributed by atoms with E-state index in [9.17, 15) is 9.18 Å². The largest absolute Gasteiger partial charge is 0.271 e. The van der Waals surface area contributed by atoms with Crippen LogP contribution in [0.4, 0.5) is 4.39 Å². The lowest BCUT2D eigenvalue weighted by Crippen LogP contribution is -2.17. The summed E-state index contributed by atoms with van der Waals surface area (Å²) in [6.45, 7) is 0. The van der Waals surface area contributed by atoms with E-state index < -0.39 is 11.7 Å². The molecule has 0 bridgehead atoms. The van der Waals surface area contributed by atoms with E-state index in [1.165, 1.54) is 18.3 Å². The zero-order valence-corrected chi connectivity index (χ0v) is 10.6. The molecule has 0 aromatic heterocycles. The number of benzene rings is 2. The monoisotopic (exact) mass is 276 g/mol. The highest BCUT2D eigenvalue weighted by atomic mass is 35.5. The molecule has 1 N–H and O–H groups in total. The number of rotatable bonds is 3. The quantitative estimate of drug-likeness (QED) is 0.679. The molecule has 0 unspecified atom stereocenters. The van der Waals surface area contributed by atoms with Gasteiger partial charge >= 0.3 is 0 Å². The second-order valence-corrected chi connectivity index (χ2v) is 4.17. The molecule has 2 aromatic rings. The smallest absolute Gasteiger partial charge is 0.267 e. The van der Waals surface area contributed by atoms with Gasteiger partial charge in [-0.05, 0) is 24.3 Å². The summed E-state index contributed by atoms with van der Waals surface area (Å²) in [6.07, 6.45) is 1.25. The maximum Gasteiger partial charge on any atom is 0.271 e. The number of carbonyl (C=O) groups excluding carboxylic acids is 1. The van der Waals surface area contributed by atoms with Gasteiger partial charge < -0.3 is 0 Å². The topological polar surface area (TPSA) is 41.5 Å². The van der Waals surface area contributed by atoms with Crippen LogP contribution in [-0.2, 0) is 0 Å². The molecule has 0 radical (unpaired) electrons. The van der Waals surface area contributed by atoms with Crippen LogP contribution in [0.5, 0.6) is 0 Å². The second-order valence-electron chi connectivity index (χ2n) is 3.73. The van der Waals surface area contributed by atoms with E-state index >= 15 is 0 Å². The summed E-state index contributed by atoms with van der Waals surface area (Å²) in [4.78, 5) is 11.7. The Morgan fingerprint density at radius 2 is 2.00 bits per heavy atom. The number of hydrazone groups is 1. The first-order chi connectivity index (χ1) is 9.16. The first-order valence-corrected chi connectivity index (χ1v) is 5.88.